The lowest BCUT2D eigenvalue weighted by Gasteiger charge is -2.11. The summed E-state index contributed by atoms with van der Waals surface area (Å²) < 4.78 is 2.40. The van der Waals surface area contributed by atoms with E-state index in [1.165, 1.54) is 87.6 Å². The molecule has 56 heavy (non-hydrogen) atoms. The van der Waals surface area contributed by atoms with Crippen molar-refractivity contribution >= 4 is 65.3 Å². The fourth-order valence-electron chi connectivity index (χ4n) is 7.65. The van der Waals surface area contributed by atoms with Gasteiger partial charge in [-0.25, -0.2) is 0 Å². The van der Waals surface area contributed by atoms with Crippen LogP contribution >= 0.6 is 0 Å². The van der Waals surface area contributed by atoms with Gasteiger partial charge in [0, 0.05) is 28.4 Å². The van der Waals surface area contributed by atoms with E-state index in [2.05, 4.69) is 183 Å². The Morgan fingerprint density at radius 2 is 1.23 bits per heavy atom. The fourth-order valence-corrected chi connectivity index (χ4v) is 7.65. The molecule has 0 saturated carbocycles. The average molecular weight is 724 g/mol. The lowest BCUT2D eigenvalue weighted by molar-refractivity contribution is 1.19. The van der Waals surface area contributed by atoms with Gasteiger partial charge in [-0.05, 0) is 129 Å². The monoisotopic (exact) mass is 723 g/mol. The van der Waals surface area contributed by atoms with Crippen LogP contribution in [0.4, 0.5) is 0 Å². The van der Waals surface area contributed by atoms with Crippen LogP contribution in [0.2, 0.25) is 0 Å². The molecule has 0 aliphatic rings. The number of allylic oxidation sites excluding steroid dienone is 5. The van der Waals surface area contributed by atoms with Crippen molar-refractivity contribution in [3.8, 4) is 16.8 Å². The number of para-hydroxylation sites is 2. The Morgan fingerprint density at radius 3 is 2.02 bits per heavy atom. The highest BCUT2D eigenvalue weighted by atomic mass is 15.0. The predicted octanol–water partition coefficient (Wildman–Crippen LogP) is 13.3. The molecule has 3 nitrogen and oxygen atoms in total. The summed E-state index contributed by atoms with van der Waals surface area (Å²) in [6, 6.07) is 57.0. The van der Waals surface area contributed by atoms with Crippen LogP contribution in [0.15, 0.2) is 195 Å². The first-order valence-corrected chi connectivity index (χ1v) is 19.1. The minimum atomic E-state index is 0.547. The van der Waals surface area contributed by atoms with Gasteiger partial charge in [-0.2, -0.15) is 0 Å². The highest BCUT2D eigenvalue weighted by molar-refractivity contribution is 6.19. The van der Waals surface area contributed by atoms with Gasteiger partial charge in [0.05, 0.1) is 11.0 Å². The van der Waals surface area contributed by atoms with Crippen LogP contribution in [0, 0.1) is 6.92 Å². The first kappa shape index (κ1) is 36.1. The highest BCUT2D eigenvalue weighted by Crippen LogP contribution is 2.38. The van der Waals surface area contributed by atoms with E-state index in [0.717, 1.165) is 11.1 Å². The van der Waals surface area contributed by atoms with Gasteiger partial charge >= 0.3 is 0 Å². The van der Waals surface area contributed by atoms with E-state index in [0.29, 0.717) is 6.54 Å². The molecule has 4 N–H and O–H groups in total. The molecule has 0 unspecified atom stereocenters. The Bertz CT molecular complexity index is 2990. The topological polar surface area (TPSA) is 57.0 Å². The predicted molar refractivity (Wildman–Crippen MR) is 244 cm³/mol. The van der Waals surface area contributed by atoms with E-state index in [-0.39, 0.29) is 0 Å². The molecule has 0 spiro atoms. The van der Waals surface area contributed by atoms with Gasteiger partial charge in [-0.1, -0.05) is 146 Å². The largest absolute Gasteiger partial charge is 0.405 e. The molecule has 0 aliphatic heterocycles. The zero-order valence-electron chi connectivity index (χ0n) is 31.9. The van der Waals surface area contributed by atoms with E-state index < -0.39 is 0 Å². The molecule has 0 fully saturated rings. The van der Waals surface area contributed by atoms with Crippen LogP contribution in [0.3, 0.4) is 0 Å². The standard InChI is InChI=1S/C37H28N2.C16H17N/c1-25(8-7-21-38)27-15-13-26-14-16-28(24-31(26)22-27)29-17-19-33-30(23-29)18-20-35-34-11-5-6-12-36(34)39(37(33)35)32-9-3-2-4-10-32;1-12-5-6-14-7-8-15(11-16(14)10-12)13(2)4-3-9-17/h2-24H,38H2,1H3;3-8,10-11H,2,9,17H2,1H3/b21-7-,25-8+;4-3-. The van der Waals surface area contributed by atoms with Crippen molar-refractivity contribution in [2.45, 2.75) is 13.8 Å². The lowest BCUT2D eigenvalue weighted by Crippen LogP contribution is -1.94. The van der Waals surface area contributed by atoms with Crippen LogP contribution in [-0.2, 0) is 0 Å². The van der Waals surface area contributed by atoms with E-state index >= 15 is 0 Å². The van der Waals surface area contributed by atoms with Gasteiger partial charge in [-0.15, -0.1) is 0 Å². The molecule has 272 valence electrons. The Kier molecular flexibility index (Phi) is 10.2. The number of nitrogens with two attached hydrogens (primary N) is 2. The van der Waals surface area contributed by atoms with E-state index in [9.17, 15) is 0 Å². The second kappa shape index (κ2) is 15.8. The normalized spacial score (nSPS) is 12.0. The number of nitrogens with zero attached hydrogens (tertiary/aromatic N) is 1. The third-order valence-corrected chi connectivity index (χ3v) is 10.6. The summed E-state index contributed by atoms with van der Waals surface area (Å²) >= 11 is 0. The summed E-state index contributed by atoms with van der Waals surface area (Å²) in [4.78, 5) is 0. The summed E-state index contributed by atoms with van der Waals surface area (Å²) in [6.45, 7) is 8.82. The molecule has 9 aromatic rings. The molecule has 0 amide bonds. The van der Waals surface area contributed by atoms with Crippen LogP contribution < -0.4 is 11.5 Å². The zero-order chi connectivity index (χ0) is 38.6. The molecule has 0 saturated heterocycles. The maximum atomic E-state index is 5.53. The highest BCUT2D eigenvalue weighted by Gasteiger charge is 2.15. The van der Waals surface area contributed by atoms with Gasteiger partial charge in [0.25, 0.3) is 0 Å². The van der Waals surface area contributed by atoms with Crippen LogP contribution in [0.25, 0.3) is 82.1 Å². The van der Waals surface area contributed by atoms with E-state index in [1.807, 2.05) is 24.3 Å². The Balaban J connectivity index is 0.000000218. The quantitative estimate of drug-likeness (QED) is 0.161. The van der Waals surface area contributed by atoms with Gasteiger partial charge in [0.1, 0.15) is 0 Å². The molecule has 0 aliphatic carbocycles. The number of hydrogen-bond donors (Lipinski definition) is 2. The van der Waals surface area contributed by atoms with Crippen LogP contribution in [0.5, 0.6) is 0 Å². The van der Waals surface area contributed by atoms with Gasteiger partial charge in [-0.3, -0.25) is 0 Å². The number of aryl methyl sites for hydroxylation is 1. The molecule has 0 atom stereocenters. The minimum absolute atomic E-state index is 0.547. The minimum Gasteiger partial charge on any atom is -0.405 e. The van der Waals surface area contributed by atoms with E-state index in [1.54, 1.807) is 6.20 Å². The Morgan fingerprint density at radius 1 is 0.607 bits per heavy atom. The summed E-state index contributed by atoms with van der Waals surface area (Å²) in [5, 5.41) is 10.0. The summed E-state index contributed by atoms with van der Waals surface area (Å²) in [7, 11) is 0. The van der Waals surface area contributed by atoms with Gasteiger partial charge < -0.3 is 16.0 Å². The summed E-state index contributed by atoms with van der Waals surface area (Å²) in [5.74, 6) is 0. The first-order chi connectivity index (χ1) is 27.4. The number of hydrogen-bond acceptors (Lipinski definition) is 2. The van der Waals surface area contributed by atoms with Crippen molar-refractivity contribution in [3.63, 3.8) is 0 Å². The summed E-state index contributed by atoms with van der Waals surface area (Å²) in [5.41, 5.74) is 22.9. The maximum Gasteiger partial charge on any atom is 0.0619 e. The summed E-state index contributed by atoms with van der Waals surface area (Å²) in [6.07, 6.45) is 9.37. The van der Waals surface area contributed by atoms with Gasteiger partial charge in [0.2, 0.25) is 0 Å². The second-order valence-electron chi connectivity index (χ2n) is 14.3. The number of benzene rings is 8. The molecule has 1 heterocycles. The molecule has 0 radical (unpaired) electrons. The van der Waals surface area contributed by atoms with Crippen LogP contribution in [-0.4, -0.2) is 11.1 Å². The average Bonchev–Trinajstić information content (AvgIpc) is 3.59. The fraction of sp³-hybridized carbons (Fsp3) is 0.0566. The van der Waals surface area contributed by atoms with Crippen molar-refractivity contribution in [2.24, 2.45) is 11.5 Å². The third-order valence-electron chi connectivity index (χ3n) is 10.6. The van der Waals surface area contributed by atoms with Crippen molar-refractivity contribution in [1.29, 1.82) is 0 Å². The van der Waals surface area contributed by atoms with Crippen molar-refractivity contribution in [1.82, 2.24) is 4.57 Å². The number of aromatic nitrogens is 1. The maximum absolute atomic E-state index is 5.53. The Hall–Kier alpha value is -6.94. The molecule has 9 rings (SSSR count). The van der Waals surface area contributed by atoms with Crippen molar-refractivity contribution in [2.75, 3.05) is 6.54 Å². The number of rotatable bonds is 7. The molecular formula is C53H45N3. The SMILES string of the molecule is C/C(=C\C=C/N)c1ccc2ccc(-c3ccc4c(ccc5c6ccccc6n(-c6ccccc6)c45)c3)cc2c1.C=C(/C=C\CN)c1ccc2ccc(C)cc2c1. The van der Waals surface area contributed by atoms with Gasteiger partial charge in [0.15, 0.2) is 0 Å². The molecule has 3 heteroatoms. The van der Waals surface area contributed by atoms with Crippen molar-refractivity contribution in [3.05, 3.63) is 211 Å². The smallest absolute Gasteiger partial charge is 0.0619 e. The first-order valence-electron chi connectivity index (χ1n) is 19.1. The third kappa shape index (κ3) is 7.16. The molecule has 8 aromatic carbocycles. The zero-order valence-corrected chi connectivity index (χ0v) is 31.9. The van der Waals surface area contributed by atoms with E-state index in [4.69, 9.17) is 11.5 Å². The second-order valence-corrected chi connectivity index (χ2v) is 14.3. The molecule has 0 bridgehead atoms. The lowest BCUT2D eigenvalue weighted by atomic mass is 9.96. The van der Waals surface area contributed by atoms with Crippen LogP contribution in [0.1, 0.15) is 23.6 Å². The number of fused-ring (bicyclic) bond motifs is 7. The Labute approximate surface area is 328 Å². The molecular weight excluding hydrogens is 679 g/mol. The van der Waals surface area contributed by atoms with Crippen molar-refractivity contribution < 1.29 is 0 Å². The molecule has 1 aromatic heterocycles.